The van der Waals surface area contributed by atoms with Gasteiger partial charge in [-0.15, -0.1) is 19.8 Å². The summed E-state index contributed by atoms with van der Waals surface area (Å²) in [5.41, 5.74) is 0. The second kappa shape index (κ2) is 2.34. The van der Waals surface area contributed by atoms with Gasteiger partial charge in [-0.3, -0.25) is 4.98 Å². The summed E-state index contributed by atoms with van der Waals surface area (Å²) in [6.45, 7) is 0. The van der Waals surface area contributed by atoms with Gasteiger partial charge >= 0.3 is 0 Å². The average Bonchev–Trinajstić information content (AvgIpc) is 2.14. The molecule has 0 aliphatic rings. The highest BCUT2D eigenvalue weighted by Gasteiger charge is 1.84. The lowest BCUT2D eigenvalue weighted by Gasteiger charge is -1.76. The fourth-order valence-electron chi connectivity index (χ4n) is 0.358. The molecule has 0 fully saturated rings. The molecule has 38 valence electrons. The van der Waals surface area contributed by atoms with E-state index in [1.54, 1.807) is 0 Å². The highest BCUT2D eigenvalue weighted by molar-refractivity contribution is 7.30. The average molecular weight is 134 g/mol. The van der Waals surface area contributed by atoms with Crippen LogP contribution in [0.5, 0.6) is 0 Å². The third-order valence-electron chi connectivity index (χ3n) is 0.699. The summed E-state index contributed by atoms with van der Waals surface area (Å²) < 4.78 is 0. The molecule has 0 aliphatic carbocycles. The van der Waals surface area contributed by atoms with Crippen LogP contribution in [0.2, 0.25) is 0 Å². The minimum absolute atomic E-state index is 0.637. The number of halogens is 1. The highest BCUT2D eigenvalue weighted by atomic mass is 35.5. The SMILES string of the molecule is ClCc1cnc[pH]1. The topological polar surface area (TPSA) is 12.9 Å². The van der Waals surface area contributed by atoms with Crippen LogP contribution in [0.1, 0.15) is 5.30 Å². The fraction of sp³-hybridized carbons (Fsp3) is 0.250. The Kier molecular flexibility index (Phi) is 1.72. The van der Waals surface area contributed by atoms with Gasteiger partial charge in [0.15, 0.2) is 0 Å². The second-order valence-electron chi connectivity index (χ2n) is 1.21. The Morgan fingerprint density at radius 3 is 3.00 bits per heavy atom. The molecule has 0 aliphatic heterocycles. The maximum Gasteiger partial charge on any atom is 0.0524 e. The van der Waals surface area contributed by atoms with E-state index in [1.165, 1.54) is 5.30 Å². The van der Waals surface area contributed by atoms with Gasteiger partial charge < -0.3 is 0 Å². The molecule has 3 heteroatoms. The molecular weight excluding hydrogens is 128 g/mol. The summed E-state index contributed by atoms with van der Waals surface area (Å²) in [5, 5.41) is 1.24. The zero-order chi connectivity index (χ0) is 5.11. The predicted molar refractivity (Wildman–Crippen MR) is 33.3 cm³/mol. The van der Waals surface area contributed by atoms with Crippen molar-refractivity contribution in [2.45, 2.75) is 5.88 Å². The van der Waals surface area contributed by atoms with Crippen molar-refractivity contribution in [2.75, 3.05) is 0 Å². The van der Waals surface area contributed by atoms with E-state index in [0.29, 0.717) is 5.88 Å². The molecule has 0 bridgehead atoms. The Morgan fingerprint density at radius 1 is 1.86 bits per heavy atom. The van der Waals surface area contributed by atoms with E-state index in [2.05, 4.69) is 4.98 Å². The van der Waals surface area contributed by atoms with Crippen molar-refractivity contribution < 1.29 is 0 Å². The first-order valence-corrected chi connectivity index (χ1v) is 3.58. The van der Waals surface area contributed by atoms with Gasteiger partial charge in [0, 0.05) is 17.4 Å². The molecule has 0 spiro atoms. The van der Waals surface area contributed by atoms with Crippen molar-refractivity contribution in [1.29, 1.82) is 0 Å². The number of hydrogen-bond donors (Lipinski definition) is 0. The standard InChI is InChI=1S/C4H5ClNP/c5-1-4-2-6-3-7-4/h2-3,7H,1H2. The fourth-order valence-corrected chi connectivity index (χ4v) is 1.20. The van der Waals surface area contributed by atoms with Gasteiger partial charge in [-0.25, -0.2) is 0 Å². The van der Waals surface area contributed by atoms with E-state index in [0.717, 1.165) is 8.19 Å². The van der Waals surface area contributed by atoms with Gasteiger partial charge in [-0.1, -0.05) is 0 Å². The van der Waals surface area contributed by atoms with Gasteiger partial charge in [0.1, 0.15) is 0 Å². The molecule has 0 amide bonds. The Hall–Kier alpha value is -0.0000000000000000555. The summed E-state index contributed by atoms with van der Waals surface area (Å²) in [6, 6.07) is 0. The van der Waals surface area contributed by atoms with Crippen LogP contribution in [0.4, 0.5) is 0 Å². The van der Waals surface area contributed by atoms with Crippen molar-refractivity contribution in [3.63, 3.8) is 0 Å². The molecule has 0 radical (unpaired) electrons. The van der Waals surface area contributed by atoms with Gasteiger partial charge in [0.2, 0.25) is 0 Å². The Labute approximate surface area is 48.8 Å². The van der Waals surface area contributed by atoms with Crippen LogP contribution in [-0.4, -0.2) is 4.98 Å². The molecule has 0 saturated heterocycles. The smallest absolute Gasteiger partial charge is 0.0524 e. The van der Waals surface area contributed by atoms with Crippen LogP contribution in [0.15, 0.2) is 12.1 Å². The first kappa shape index (κ1) is 5.14. The van der Waals surface area contributed by atoms with E-state index in [1.807, 2.05) is 12.1 Å². The quantitative estimate of drug-likeness (QED) is 0.533. The van der Waals surface area contributed by atoms with Crippen LogP contribution >= 0.6 is 19.8 Å². The van der Waals surface area contributed by atoms with Crippen LogP contribution in [0.3, 0.4) is 0 Å². The number of aromatic nitrogens is 1. The Morgan fingerprint density at radius 2 is 2.71 bits per heavy atom. The minimum atomic E-state index is 0.637. The molecule has 0 aromatic carbocycles. The molecule has 1 atom stereocenters. The maximum atomic E-state index is 5.47. The first-order valence-electron chi connectivity index (χ1n) is 1.96. The maximum absolute atomic E-state index is 5.47. The van der Waals surface area contributed by atoms with E-state index in [9.17, 15) is 0 Å². The Bertz CT molecular complexity index is 126. The second-order valence-corrected chi connectivity index (χ2v) is 2.67. The van der Waals surface area contributed by atoms with E-state index >= 15 is 0 Å². The number of hydrogen-bond acceptors (Lipinski definition) is 1. The molecule has 0 saturated carbocycles. The number of alkyl halides is 1. The van der Waals surface area contributed by atoms with Crippen molar-refractivity contribution in [3.05, 3.63) is 17.4 Å². The van der Waals surface area contributed by atoms with Gasteiger partial charge in [0.25, 0.3) is 0 Å². The molecule has 7 heavy (non-hydrogen) atoms. The lowest BCUT2D eigenvalue weighted by molar-refractivity contribution is 1.37. The van der Waals surface area contributed by atoms with E-state index in [4.69, 9.17) is 11.6 Å². The molecule has 1 rings (SSSR count). The summed E-state index contributed by atoms with van der Waals surface area (Å²) in [7, 11) is 0.737. The van der Waals surface area contributed by atoms with Crippen LogP contribution < -0.4 is 0 Å². The van der Waals surface area contributed by atoms with Crippen molar-refractivity contribution in [2.24, 2.45) is 0 Å². The summed E-state index contributed by atoms with van der Waals surface area (Å²) in [4.78, 5) is 3.88. The third-order valence-corrected chi connectivity index (χ3v) is 2.17. The van der Waals surface area contributed by atoms with Crippen LogP contribution in [0, 0.1) is 0 Å². The molecule has 1 aromatic rings. The van der Waals surface area contributed by atoms with Crippen LogP contribution in [0.25, 0.3) is 0 Å². The molecule has 1 aromatic heterocycles. The lowest BCUT2D eigenvalue weighted by Crippen LogP contribution is -1.59. The van der Waals surface area contributed by atoms with Gasteiger partial charge in [0.05, 0.1) is 5.88 Å². The number of rotatable bonds is 1. The largest absolute Gasteiger partial charge is 0.260 e. The van der Waals surface area contributed by atoms with E-state index < -0.39 is 0 Å². The molecule has 1 nitrogen and oxygen atoms in total. The van der Waals surface area contributed by atoms with Crippen molar-refractivity contribution in [1.82, 2.24) is 4.98 Å². The predicted octanol–water partition coefficient (Wildman–Crippen LogP) is 1.85. The Balaban J connectivity index is 2.76. The minimum Gasteiger partial charge on any atom is -0.260 e. The molecule has 0 N–H and O–H groups in total. The zero-order valence-electron chi connectivity index (χ0n) is 3.69. The number of nitrogens with zero attached hydrogens (tertiary/aromatic N) is 1. The first-order chi connectivity index (χ1) is 3.43. The molecule has 1 heterocycles. The summed E-state index contributed by atoms with van der Waals surface area (Å²) in [6.07, 6.45) is 1.82. The van der Waals surface area contributed by atoms with Gasteiger partial charge in [-0.05, 0) is 0 Å². The van der Waals surface area contributed by atoms with Gasteiger partial charge in [-0.2, -0.15) is 0 Å². The third kappa shape index (κ3) is 1.19. The summed E-state index contributed by atoms with van der Waals surface area (Å²) in [5.74, 6) is 2.52. The molecular formula is C4H5ClNP. The molecule has 1 unspecified atom stereocenters. The highest BCUT2D eigenvalue weighted by Crippen LogP contribution is 2.13. The summed E-state index contributed by atoms with van der Waals surface area (Å²) >= 11 is 5.47. The van der Waals surface area contributed by atoms with Crippen molar-refractivity contribution in [3.8, 4) is 0 Å². The van der Waals surface area contributed by atoms with E-state index in [-0.39, 0.29) is 0 Å². The van der Waals surface area contributed by atoms with Crippen LogP contribution in [-0.2, 0) is 5.88 Å². The van der Waals surface area contributed by atoms with Crippen molar-refractivity contribution >= 4 is 19.8 Å². The normalized spacial score (nSPS) is 10.4. The lowest BCUT2D eigenvalue weighted by atomic mass is 10.6. The monoisotopic (exact) mass is 133 g/mol. The zero-order valence-corrected chi connectivity index (χ0v) is 5.44.